The Hall–Kier alpha value is -3.42. The van der Waals surface area contributed by atoms with E-state index in [0.717, 1.165) is 22.3 Å². The number of carbonyl (C=O) groups excluding carboxylic acids is 1. The third-order valence-electron chi connectivity index (χ3n) is 5.21. The van der Waals surface area contributed by atoms with Gasteiger partial charge in [-0.15, -0.1) is 0 Å². The second-order valence-corrected chi connectivity index (χ2v) is 6.73. The van der Waals surface area contributed by atoms with E-state index in [1.807, 2.05) is 0 Å². The van der Waals surface area contributed by atoms with Crippen molar-refractivity contribution in [3.05, 3.63) is 82.5 Å². The maximum atomic E-state index is 13.5. The predicted octanol–water partition coefficient (Wildman–Crippen LogP) is 2.87. The number of amides is 1. The van der Waals surface area contributed by atoms with Crippen LogP contribution < -0.4 is 5.32 Å². The molecule has 1 amide bonds. The van der Waals surface area contributed by atoms with Crippen LogP contribution in [0.2, 0.25) is 0 Å². The lowest BCUT2D eigenvalue weighted by Crippen LogP contribution is -2.25. The molecule has 5 rings (SSSR count). The normalized spacial score (nSPS) is 24.0. The maximum absolute atomic E-state index is 13.5. The van der Waals surface area contributed by atoms with E-state index in [4.69, 9.17) is 0 Å². The van der Waals surface area contributed by atoms with Crippen LogP contribution in [0, 0.1) is 5.82 Å². The lowest BCUT2D eigenvalue weighted by Gasteiger charge is -2.36. The van der Waals surface area contributed by atoms with E-state index in [0.29, 0.717) is 24.5 Å². The first kappa shape index (κ1) is 15.8. The quantitative estimate of drug-likeness (QED) is 0.860. The van der Waals surface area contributed by atoms with Crippen LogP contribution >= 0.6 is 0 Å². The van der Waals surface area contributed by atoms with Crippen molar-refractivity contribution in [3.8, 4) is 0 Å². The lowest BCUT2D eigenvalue weighted by molar-refractivity contribution is -0.115. The molecule has 8 heteroatoms. The molecular weight excluding hydrogens is 347 g/mol. The van der Waals surface area contributed by atoms with E-state index in [1.54, 1.807) is 18.3 Å². The van der Waals surface area contributed by atoms with Crippen molar-refractivity contribution in [2.45, 2.75) is 18.3 Å². The van der Waals surface area contributed by atoms with E-state index in [9.17, 15) is 9.18 Å². The Kier molecular flexibility index (Phi) is 3.56. The Morgan fingerprint density at radius 2 is 2.04 bits per heavy atom. The van der Waals surface area contributed by atoms with Crippen molar-refractivity contribution in [2.75, 3.05) is 6.54 Å². The number of nitrogens with one attached hydrogen (secondary N) is 2. The average molecular weight is 362 g/mol. The number of allylic oxidation sites excluding steroid dienone is 1. The minimum Gasteiger partial charge on any atom is -0.329 e. The van der Waals surface area contributed by atoms with Crippen molar-refractivity contribution in [1.29, 1.82) is 0 Å². The van der Waals surface area contributed by atoms with Gasteiger partial charge in [-0.25, -0.2) is 9.37 Å². The standard InChI is InChI=1S/C19H15FN6O/c20-12-3-1-10(2-4-12)13-5-11-7-23-25-15-6-16(27)21-8-14(17(11)15)18(13)19-22-9-24-26-19/h1-4,6,8-9,13,18H,5,7H2,(H,21,27)(H,22,24,26). The summed E-state index contributed by atoms with van der Waals surface area (Å²) in [4.78, 5) is 16.5. The molecule has 0 fully saturated rings. The molecule has 7 nitrogen and oxygen atoms in total. The fourth-order valence-electron chi connectivity index (χ4n) is 4.08. The molecule has 0 bridgehead atoms. The summed E-state index contributed by atoms with van der Waals surface area (Å²) in [7, 11) is 0. The maximum Gasteiger partial charge on any atom is 0.250 e. The first-order chi connectivity index (χ1) is 13.2. The molecule has 134 valence electrons. The average Bonchev–Trinajstić information content (AvgIpc) is 3.14. The van der Waals surface area contributed by atoms with Gasteiger partial charge < -0.3 is 5.32 Å². The fourth-order valence-corrected chi connectivity index (χ4v) is 4.08. The summed E-state index contributed by atoms with van der Waals surface area (Å²) in [5, 5.41) is 18.1. The number of halogens is 1. The van der Waals surface area contributed by atoms with E-state index >= 15 is 0 Å². The Bertz CT molecular complexity index is 1030. The summed E-state index contributed by atoms with van der Waals surface area (Å²) < 4.78 is 13.5. The summed E-state index contributed by atoms with van der Waals surface area (Å²) in [5.74, 6) is 0.0117. The third kappa shape index (κ3) is 2.61. The molecule has 0 spiro atoms. The van der Waals surface area contributed by atoms with E-state index < -0.39 is 0 Å². The van der Waals surface area contributed by atoms with Gasteiger partial charge in [0.25, 0.3) is 0 Å². The molecule has 1 aromatic heterocycles. The van der Waals surface area contributed by atoms with Gasteiger partial charge in [0, 0.05) is 23.8 Å². The SMILES string of the molecule is O=C1C=C2N=NCC3=C2C(=CN1)C(c1ncn[nH]1)C(c1ccc(F)cc1)C3. The Balaban J connectivity index is 1.71. The van der Waals surface area contributed by atoms with Crippen LogP contribution in [-0.2, 0) is 4.79 Å². The minimum atomic E-state index is -0.275. The number of benzene rings is 1. The van der Waals surface area contributed by atoms with Gasteiger partial charge in [0.2, 0.25) is 5.91 Å². The number of aromatic amines is 1. The third-order valence-corrected chi connectivity index (χ3v) is 5.21. The molecule has 0 saturated heterocycles. The molecule has 27 heavy (non-hydrogen) atoms. The van der Waals surface area contributed by atoms with Gasteiger partial charge in [0.05, 0.1) is 18.2 Å². The van der Waals surface area contributed by atoms with Crippen molar-refractivity contribution in [2.24, 2.45) is 10.2 Å². The van der Waals surface area contributed by atoms with Crippen LogP contribution in [0.3, 0.4) is 0 Å². The molecule has 0 radical (unpaired) electrons. The highest BCUT2D eigenvalue weighted by Gasteiger charge is 2.40. The Morgan fingerprint density at radius 1 is 1.19 bits per heavy atom. The van der Waals surface area contributed by atoms with Crippen LogP contribution in [0.15, 0.2) is 75.5 Å². The van der Waals surface area contributed by atoms with E-state index in [2.05, 4.69) is 30.7 Å². The largest absolute Gasteiger partial charge is 0.329 e. The molecule has 2 aliphatic heterocycles. The zero-order valence-electron chi connectivity index (χ0n) is 14.2. The highest BCUT2D eigenvalue weighted by Crippen LogP contribution is 2.51. The first-order valence-corrected chi connectivity index (χ1v) is 8.64. The predicted molar refractivity (Wildman–Crippen MR) is 93.9 cm³/mol. The van der Waals surface area contributed by atoms with Gasteiger partial charge in [-0.2, -0.15) is 15.3 Å². The van der Waals surface area contributed by atoms with Gasteiger partial charge in [0.15, 0.2) is 0 Å². The van der Waals surface area contributed by atoms with Gasteiger partial charge in [-0.1, -0.05) is 12.1 Å². The van der Waals surface area contributed by atoms with Gasteiger partial charge >= 0.3 is 0 Å². The summed E-state index contributed by atoms with van der Waals surface area (Å²) in [6.07, 6.45) is 5.38. The molecule has 3 heterocycles. The molecule has 2 aromatic rings. The Labute approximate surface area is 153 Å². The second-order valence-electron chi connectivity index (χ2n) is 6.73. The van der Waals surface area contributed by atoms with E-state index in [1.165, 1.54) is 24.5 Å². The summed E-state index contributed by atoms with van der Waals surface area (Å²) in [5.41, 5.74) is 4.54. The number of aromatic nitrogens is 3. The summed E-state index contributed by atoms with van der Waals surface area (Å²) >= 11 is 0. The molecule has 1 aromatic carbocycles. The highest BCUT2D eigenvalue weighted by atomic mass is 19.1. The Morgan fingerprint density at radius 3 is 2.81 bits per heavy atom. The molecule has 2 N–H and O–H groups in total. The van der Waals surface area contributed by atoms with Crippen LogP contribution in [0.25, 0.3) is 0 Å². The second kappa shape index (κ2) is 6.08. The van der Waals surface area contributed by atoms with Crippen molar-refractivity contribution in [1.82, 2.24) is 20.5 Å². The van der Waals surface area contributed by atoms with Gasteiger partial charge in [-0.05, 0) is 35.3 Å². The molecule has 0 saturated carbocycles. The minimum absolute atomic E-state index is 0.00750. The number of nitrogens with zero attached hydrogens (tertiary/aromatic N) is 4. The zero-order chi connectivity index (χ0) is 18.4. The van der Waals surface area contributed by atoms with Gasteiger partial charge in [-0.3, -0.25) is 9.89 Å². The first-order valence-electron chi connectivity index (χ1n) is 8.64. The fraction of sp³-hybridized carbons (Fsp3) is 0.211. The smallest absolute Gasteiger partial charge is 0.250 e. The number of azo groups is 1. The molecule has 2 unspecified atom stereocenters. The highest BCUT2D eigenvalue weighted by molar-refractivity contribution is 5.91. The van der Waals surface area contributed by atoms with Crippen LogP contribution in [0.5, 0.6) is 0 Å². The van der Waals surface area contributed by atoms with Crippen molar-refractivity contribution in [3.63, 3.8) is 0 Å². The van der Waals surface area contributed by atoms with Crippen molar-refractivity contribution < 1.29 is 9.18 Å². The van der Waals surface area contributed by atoms with Gasteiger partial charge in [0.1, 0.15) is 18.0 Å². The molecule has 3 aliphatic rings. The topological polar surface area (TPSA) is 95.4 Å². The van der Waals surface area contributed by atoms with Crippen LogP contribution in [0.1, 0.15) is 29.6 Å². The monoisotopic (exact) mass is 362 g/mol. The number of H-pyrrole nitrogens is 1. The number of hydrogen-bond donors (Lipinski definition) is 2. The van der Waals surface area contributed by atoms with Crippen LogP contribution in [-0.4, -0.2) is 27.6 Å². The lowest BCUT2D eigenvalue weighted by atomic mass is 9.68. The zero-order valence-corrected chi connectivity index (χ0v) is 14.2. The molecular formula is C19H15FN6O. The molecule has 2 atom stereocenters. The number of hydrogen-bond acceptors (Lipinski definition) is 5. The molecule has 1 aliphatic carbocycles. The summed E-state index contributed by atoms with van der Waals surface area (Å²) in [6.45, 7) is 0.485. The van der Waals surface area contributed by atoms with E-state index in [-0.39, 0.29) is 23.6 Å². The summed E-state index contributed by atoms with van der Waals surface area (Å²) in [6, 6.07) is 6.52. The number of rotatable bonds is 2. The number of carbonyl (C=O) groups is 1. The van der Waals surface area contributed by atoms with Crippen molar-refractivity contribution >= 4 is 5.91 Å². The van der Waals surface area contributed by atoms with Crippen LogP contribution in [0.4, 0.5) is 4.39 Å².